The van der Waals surface area contributed by atoms with Gasteiger partial charge in [-0.05, 0) is 42.8 Å². The van der Waals surface area contributed by atoms with Crippen LogP contribution < -0.4 is 10.1 Å². The van der Waals surface area contributed by atoms with E-state index in [-0.39, 0.29) is 0 Å². The van der Waals surface area contributed by atoms with Gasteiger partial charge >= 0.3 is 0 Å². The minimum absolute atomic E-state index is 0.731. The van der Waals surface area contributed by atoms with Crippen LogP contribution in [0, 0.1) is 0 Å². The third-order valence-corrected chi connectivity index (χ3v) is 4.04. The third-order valence-electron chi connectivity index (χ3n) is 3.80. The lowest BCUT2D eigenvalue weighted by molar-refractivity contribution is 0.408. The molecule has 0 radical (unpaired) electrons. The highest BCUT2D eigenvalue weighted by Crippen LogP contribution is 2.22. The van der Waals surface area contributed by atoms with Crippen molar-refractivity contribution in [3.63, 3.8) is 0 Å². The van der Waals surface area contributed by atoms with Crippen molar-refractivity contribution >= 4 is 22.5 Å². The van der Waals surface area contributed by atoms with Gasteiger partial charge in [-0.15, -0.1) is 0 Å². The third kappa shape index (κ3) is 3.26. The summed E-state index contributed by atoms with van der Waals surface area (Å²) in [6, 6.07) is 14.1. The van der Waals surface area contributed by atoms with E-state index in [0.29, 0.717) is 0 Å². The quantitative estimate of drug-likeness (QED) is 0.670. The van der Waals surface area contributed by atoms with Crippen molar-refractivity contribution < 1.29 is 4.74 Å². The van der Waals surface area contributed by atoms with Crippen LogP contribution >= 0.6 is 11.6 Å². The van der Waals surface area contributed by atoms with Crippen molar-refractivity contribution in [3.8, 4) is 5.75 Å². The smallest absolute Gasteiger partial charge is 0.123 e. The number of hydrogen-bond donors (Lipinski definition) is 2. The summed E-state index contributed by atoms with van der Waals surface area (Å²) >= 11 is 6.05. The second kappa shape index (κ2) is 6.86. The first-order valence-electron chi connectivity index (χ1n) is 7.36. The lowest BCUT2D eigenvalue weighted by Crippen LogP contribution is -2.17. The summed E-state index contributed by atoms with van der Waals surface area (Å²) in [5.74, 6) is 0.865. The molecule has 0 bridgehead atoms. The fraction of sp³-hybridized carbons (Fsp3) is 0.222. The highest BCUT2D eigenvalue weighted by Gasteiger charge is 2.05. The molecule has 3 aromatic rings. The summed E-state index contributed by atoms with van der Waals surface area (Å²) in [5, 5.41) is 5.48. The minimum Gasteiger partial charge on any atom is -0.496 e. The van der Waals surface area contributed by atoms with Gasteiger partial charge in [0.15, 0.2) is 0 Å². The number of fused-ring (bicyclic) bond motifs is 1. The van der Waals surface area contributed by atoms with Crippen molar-refractivity contribution in [2.45, 2.75) is 13.0 Å². The molecule has 22 heavy (non-hydrogen) atoms. The Bertz CT molecular complexity index is 767. The average Bonchev–Trinajstić information content (AvgIpc) is 2.95. The highest BCUT2D eigenvalue weighted by atomic mass is 35.5. The summed E-state index contributed by atoms with van der Waals surface area (Å²) in [6.07, 6.45) is 3.07. The van der Waals surface area contributed by atoms with Gasteiger partial charge in [0.25, 0.3) is 0 Å². The van der Waals surface area contributed by atoms with E-state index in [1.165, 1.54) is 16.5 Å². The largest absolute Gasteiger partial charge is 0.496 e. The Hall–Kier alpha value is -1.97. The molecule has 114 valence electrons. The zero-order valence-corrected chi connectivity index (χ0v) is 13.3. The first kappa shape index (κ1) is 14.9. The zero-order chi connectivity index (χ0) is 15.4. The van der Waals surface area contributed by atoms with Gasteiger partial charge in [0.1, 0.15) is 5.75 Å². The molecule has 0 amide bonds. The standard InChI is InChI=1S/C18H19ClN2O/c1-22-18-7-6-15(19)10-14(18)11-20-9-8-13-12-21-17-5-3-2-4-16(13)17/h2-7,10,12,20-21H,8-9,11H2,1H3. The van der Waals surface area contributed by atoms with E-state index in [1.54, 1.807) is 7.11 Å². The number of methoxy groups -OCH3 is 1. The Morgan fingerprint density at radius 1 is 1.14 bits per heavy atom. The van der Waals surface area contributed by atoms with E-state index in [9.17, 15) is 0 Å². The number of benzene rings is 2. The van der Waals surface area contributed by atoms with E-state index in [0.717, 1.165) is 35.8 Å². The minimum atomic E-state index is 0.731. The zero-order valence-electron chi connectivity index (χ0n) is 12.5. The van der Waals surface area contributed by atoms with Crippen molar-refractivity contribution in [3.05, 3.63) is 64.8 Å². The number of halogens is 1. The maximum absolute atomic E-state index is 6.05. The van der Waals surface area contributed by atoms with Crippen LogP contribution in [0.1, 0.15) is 11.1 Å². The van der Waals surface area contributed by atoms with Gasteiger partial charge in [0.05, 0.1) is 7.11 Å². The maximum atomic E-state index is 6.05. The molecular weight excluding hydrogens is 296 g/mol. The maximum Gasteiger partial charge on any atom is 0.123 e. The molecule has 0 fully saturated rings. The molecule has 0 aliphatic rings. The summed E-state index contributed by atoms with van der Waals surface area (Å²) in [4.78, 5) is 3.31. The number of aromatic amines is 1. The Morgan fingerprint density at radius 3 is 2.86 bits per heavy atom. The van der Waals surface area contributed by atoms with Crippen molar-refractivity contribution in [1.29, 1.82) is 0 Å². The lowest BCUT2D eigenvalue weighted by atomic mass is 10.1. The molecule has 3 rings (SSSR count). The SMILES string of the molecule is COc1ccc(Cl)cc1CNCCc1c[nH]c2ccccc12. The fourth-order valence-corrected chi connectivity index (χ4v) is 2.86. The van der Waals surface area contributed by atoms with Gasteiger partial charge in [-0.1, -0.05) is 29.8 Å². The molecule has 0 unspecified atom stereocenters. The van der Waals surface area contributed by atoms with Gasteiger partial charge in [0.2, 0.25) is 0 Å². The molecule has 2 aromatic carbocycles. The number of ether oxygens (including phenoxy) is 1. The molecule has 0 spiro atoms. The molecule has 0 atom stereocenters. The number of hydrogen-bond acceptors (Lipinski definition) is 2. The number of H-pyrrole nitrogens is 1. The van der Waals surface area contributed by atoms with Crippen LogP contribution in [0.3, 0.4) is 0 Å². The molecule has 4 heteroatoms. The van der Waals surface area contributed by atoms with Crippen molar-refractivity contribution in [2.24, 2.45) is 0 Å². The summed E-state index contributed by atoms with van der Waals surface area (Å²) in [5.41, 5.74) is 3.60. The fourth-order valence-electron chi connectivity index (χ4n) is 2.67. The second-order valence-corrected chi connectivity index (χ2v) is 5.68. The van der Waals surface area contributed by atoms with Crippen LogP contribution in [0.15, 0.2) is 48.7 Å². The summed E-state index contributed by atoms with van der Waals surface area (Å²) in [6.45, 7) is 1.64. The second-order valence-electron chi connectivity index (χ2n) is 5.24. The molecule has 0 saturated heterocycles. The normalized spacial score (nSPS) is 11.0. The molecule has 1 heterocycles. The van der Waals surface area contributed by atoms with E-state index in [4.69, 9.17) is 16.3 Å². The first-order valence-corrected chi connectivity index (χ1v) is 7.74. The Morgan fingerprint density at radius 2 is 2.00 bits per heavy atom. The summed E-state index contributed by atoms with van der Waals surface area (Å²) < 4.78 is 5.36. The highest BCUT2D eigenvalue weighted by molar-refractivity contribution is 6.30. The average molecular weight is 315 g/mol. The van der Waals surface area contributed by atoms with E-state index < -0.39 is 0 Å². The van der Waals surface area contributed by atoms with Gasteiger partial charge in [-0.25, -0.2) is 0 Å². The molecule has 2 N–H and O–H groups in total. The van der Waals surface area contributed by atoms with Gasteiger partial charge in [0, 0.05) is 34.2 Å². The van der Waals surface area contributed by atoms with Gasteiger partial charge in [-0.2, -0.15) is 0 Å². The Balaban J connectivity index is 1.59. The Kier molecular flexibility index (Phi) is 4.66. The number of rotatable bonds is 6. The predicted octanol–water partition coefficient (Wildman–Crippen LogP) is 4.16. The van der Waals surface area contributed by atoms with Crippen LogP contribution in [0.5, 0.6) is 5.75 Å². The van der Waals surface area contributed by atoms with Crippen LogP contribution in [-0.4, -0.2) is 18.6 Å². The molecule has 1 aromatic heterocycles. The number of aromatic nitrogens is 1. The van der Waals surface area contributed by atoms with E-state index in [1.807, 2.05) is 24.3 Å². The van der Waals surface area contributed by atoms with Crippen LogP contribution in [0.25, 0.3) is 10.9 Å². The van der Waals surface area contributed by atoms with Crippen LogP contribution in [0.2, 0.25) is 5.02 Å². The van der Waals surface area contributed by atoms with Gasteiger partial charge < -0.3 is 15.0 Å². The number of para-hydroxylation sites is 1. The monoisotopic (exact) mass is 314 g/mol. The molecular formula is C18H19ClN2O. The molecule has 0 saturated carbocycles. The molecule has 0 aliphatic heterocycles. The van der Waals surface area contributed by atoms with E-state index in [2.05, 4.69) is 34.7 Å². The van der Waals surface area contributed by atoms with Crippen molar-refractivity contribution in [1.82, 2.24) is 10.3 Å². The topological polar surface area (TPSA) is 37.0 Å². The summed E-state index contributed by atoms with van der Waals surface area (Å²) in [7, 11) is 1.68. The van der Waals surface area contributed by atoms with E-state index >= 15 is 0 Å². The molecule has 0 aliphatic carbocycles. The van der Waals surface area contributed by atoms with Gasteiger partial charge in [-0.3, -0.25) is 0 Å². The predicted molar refractivity (Wildman–Crippen MR) is 91.7 cm³/mol. The molecule has 3 nitrogen and oxygen atoms in total. The first-order chi connectivity index (χ1) is 10.8. The van der Waals surface area contributed by atoms with Crippen LogP contribution in [-0.2, 0) is 13.0 Å². The van der Waals surface area contributed by atoms with Crippen molar-refractivity contribution in [2.75, 3.05) is 13.7 Å². The lowest BCUT2D eigenvalue weighted by Gasteiger charge is -2.10. The Labute approximate surface area is 135 Å². The van der Waals surface area contributed by atoms with Crippen LogP contribution in [0.4, 0.5) is 0 Å². The number of nitrogens with one attached hydrogen (secondary N) is 2.